The Labute approximate surface area is 284 Å². The number of benzene rings is 6. The van der Waals surface area contributed by atoms with E-state index in [2.05, 4.69) is 152 Å². The van der Waals surface area contributed by atoms with Gasteiger partial charge in [0.25, 0.3) is 0 Å². The SMILES string of the molecule is CC1(C)c2ccccc2N2c3c(cccc31)B1c3c(cc4c(sc5ccccc54)c32)-c2cccc3c4c(n1c23)-c1ccccc1C4(C)C. The number of rotatable bonds is 0. The molecule has 0 unspecified atom stereocenters. The van der Waals surface area contributed by atoms with Gasteiger partial charge in [0.05, 0.1) is 16.1 Å². The van der Waals surface area contributed by atoms with E-state index in [1.807, 2.05) is 11.3 Å². The Morgan fingerprint density at radius 2 is 1.29 bits per heavy atom. The number of nitrogens with zero attached hydrogens (tertiary/aromatic N) is 2. The summed E-state index contributed by atoms with van der Waals surface area (Å²) < 4.78 is 5.51. The van der Waals surface area contributed by atoms with Crippen molar-refractivity contribution in [3.05, 3.63) is 138 Å². The van der Waals surface area contributed by atoms with Gasteiger partial charge in [-0.1, -0.05) is 125 Å². The molecule has 6 aromatic carbocycles. The van der Waals surface area contributed by atoms with E-state index in [4.69, 9.17) is 0 Å². The smallest absolute Gasteiger partial charge is 0.333 e. The van der Waals surface area contributed by atoms with E-state index >= 15 is 0 Å². The quantitative estimate of drug-likeness (QED) is 0.151. The van der Waals surface area contributed by atoms with Gasteiger partial charge >= 0.3 is 6.85 Å². The van der Waals surface area contributed by atoms with Crippen molar-refractivity contribution in [1.29, 1.82) is 0 Å². The predicted octanol–water partition coefficient (Wildman–Crippen LogP) is 10.4. The van der Waals surface area contributed by atoms with Gasteiger partial charge < -0.3 is 9.38 Å². The van der Waals surface area contributed by atoms with Crippen LogP contribution in [-0.2, 0) is 10.8 Å². The first-order valence-corrected chi connectivity index (χ1v) is 18.0. The summed E-state index contributed by atoms with van der Waals surface area (Å²) in [7, 11) is 0. The molecule has 0 saturated heterocycles. The highest BCUT2D eigenvalue weighted by molar-refractivity contribution is 7.26. The minimum atomic E-state index is -0.137. The molecule has 5 heterocycles. The van der Waals surface area contributed by atoms with Crippen LogP contribution < -0.4 is 15.8 Å². The molecule has 8 aromatic rings. The average molecular weight is 631 g/mol. The Kier molecular flexibility index (Phi) is 4.40. The first kappa shape index (κ1) is 26.0. The Hall–Kier alpha value is -5.06. The van der Waals surface area contributed by atoms with Gasteiger partial charge in [-0.2, -0.15) is 0 Å². The molecule has 0 radical (unpaired) electrons. The van der Waals surface area contributed by atoms with Crippen molar-refractivity contribution in [2.45, 2.75) is 38.5 Å². The molecule has 0 fully saturated rings. The van der Waals surface area contributed by atoms with Gasteiger partial charge in [-0.05, 0) is 56.9 Å². The maximum absolute atomic E-state index is 2.78. The van der Waals surface area contributed by atoms with Crippen LogP contribution in [0.5, 0.6) is 0 Å². The topological polar surface area (TPSA) is 8.17 Å². The average Bonchev–Trinajstić information content (AvgIpc) is 3.73. The fourth-order valence-corrected chi connectivity index (χ4v) is 11.6. The normalized spacial score (nSPS) is 16.6. The van der Waals surface area contributed by atoms with Gasteiger partial charge in [-0.15, -0.1) is 11.3 Å². The Morgan fingerprint density at radius 3 is 2.19 bits per heavy atom. The van der Waals surface area contributed by atoms with E-state index in [0.717, 1.165) is 0 Å². The Morgan fingerprint density at radius 1 is 0.583 bits per heavy atom. The second-order valence-corrected chi connectivity index (χ2v) is 16.3. The number of aromatic nitrogens is 1. The summed E-state index contributed by atoms with van der Waals surface area (Å²) in [6.45, 7) is 9.75. The van der Waals surface area contributed by atoms with Crippen LogP contribution in [0, 0.1) is 0 Å². The minimum absolute atomic E-state index is 0.0555. The maximum atomic E-state index is 2.78. The van der Waals surface area contributed by atoms with E-state index < -0.39 is 0 Å². The molecule has 226 valence electrons. The molecule has 2 aromatic heterocycles. The highest BCUT2D eigenvalue weighted by Gasteiger charge is 2.51. The zero-order valence-electron chi connectivity index (χ0n) is 27.3. The molecule has 12 rings (SSSR count). The van der Waals surface area contributed by atoms with Crippen molar-refractivity contribution in [2.24, 2.45) is 0 Å². The summed E-state index contributed by atoms with van der Waals surface area (Å²) >= 11 is 1.96. The molecule has 48 heavy (non-hydrogen) atoms. The highest BCUT2D eigenvalue weighted by atomic mass is 32.1. The lowest BCUT2D eigenvalue weighted by Gasteiger charge is -2.48. The maximum Gasteiger partial charge on any atom is 0.333 e. The summed E-state index contributed by atoms with van der Waals surface area (Å²) in [5, 5.41) is 4.11. The first-order valence-electron chi connectivity index (χ1n) is 17.2. The van der Waals surface area contributed by atoms with Gasteiger partial charge in [0.1, 0.15) is 0 Å². The summed E-state index contributed by atoms with van der Waals surface area (Å²) in [5.41, 5.74) is 19.2. The van der Waals surface area contributed by atoms with Crippen LogP contribution in [0.15, 0.2) is 115 Å². The first-order chi connectivity index (χ1) is 23.4. The number of thiophene rings is 1. The Balaban J connectivity index is 1.35. The fraction of sp³-hybridized carbons (Fsp3) is 0.136. The standard InChI is InChI=1S/C44H31BN2S/c1-43(2)31-18-8-9-21-34(31)46-40-32(43)19-12-20-33(40)45-37-28(23-29-24-13-6-10-22-35(24)48-42(29)41(37)46)25-15-11-16-27-36-39(47(45)38(25)27)26-14-5-7-17-30(26)44(36,3)4/h5-23H,1-4H3. The molecule has 2 nitrogen and oxygen atoms in total. The molecular weight excluding hydrogens is 599 g/mol. The predicted molar refractivity (Wildman–Crippen MR) is 205 cm³/mol. The molecule has 0 spiro atoms. The van der Waals surface area contributed by atoms with Crippen molar-refractivity contribution in [3.63, 3.8) is 0 Å². The van der Waals surface area contributed by atoms with Crippen molar-refractivity contribution >= 4 is 77.2 Å². The third-order valence-corrected chi connectivity index (χ3v) is 13.5. The van der Waals surface area contributed by atoms with E-state index in [1.165, 1.54) is 104 Å². The summed E-state index contributed by atoms with van der Waals surface area (Å²) in [6, 6.07) is 44.1. The fourth-order valence-electron chi connectivity index (χ4n) is 10.3. The zero-order valence-corrected chi connectivity index (χ0v) is 28.2. The molecule has 1 aliphatic carbocycles. The van der Waals surface area contributed by atoms with Crippen molar-refractivity contribution < 1.29 is 0 Å². The molecule has 0 N–H and O–H groups in total. The van der Waals surface area contributed by atoms with Crippen LogP contribution in [0.25, 0.3) is 53.5 Å². The van der Waals surface area contributed by atoms with Crippen LogP contribution in [0.3, 0.4) is 0 Å². The highest BCUT2D eigenvalue weighted by Crippen LogP contribution is 2.59. The zero-order chi connectivity index (χ0) is 31.8. The molecule has 0 atom stereocenters. The third-order valence-electron chi connectivity index (χ3n) is 12.3. The minimum Gasteiger partial charge on any atom is -0.375 e. The van der Waals surface area contributed by atoms with Crippen LogP contribution >= 0.6 is 11.3 Å². The molecule has 0 amide bonds. The number of hydrogen-bond acceptors (Lipinski definition) is 2. The lowest BCUT2D eigenvalue weighted by molar-refractivity contribution is 0.632. The largest absolute Gasteiger partial charge is 0.375 e. The van der Waals surface area contributed by atoms with E-state index in [9.17, 15) is 0 Å². The lowest BCUT2D eigenvalue weighted by Crippen LogP contribution is -2.58. The lowest BCUT2D eigenvalue weighted by atomic mass is 9.44. The third kappa shape index (κ3) is 2.69. The van der Waals surface area contributed by atoms with Gasteiger partial charge in [0.15, 0.2) is 0 Å². The van der Waals surface area contributed by atoms with Crippen LogP contribution in [0.4, 0.5) is 17.1 Å². The Bertz CT molecular complexity index is 2810. The van der Waals surface area contributed by atoms with Crippen LogP contribution in [0.1, 0.15) is 49.9 Å². The number of para-hydroxylation sites is 3. The number of fused-ring (bicyclic) bond motifs is 15. The summed E-state index contributed by atoms with van der Waals surface area (Å²) in [5.74, 6) is 0. The molecule has 0 bridgehead atoms. The second kappa shape index (κ2) is 8.14. The second-order valence-electron chi connectivity index (χ2n) is 15.3. The number of anilines is 3. The summed E-state index contributed by atoms with van der Waals surface area (Å²) in [4.78, 5) is 2.67. The van der Waals surface area contributed by atoms with E-state index in [0.29, 0.717) is 0 Å². The summed E-state index contributed by atoms with van der Waals surface area (Å²) in [6.07, 6.45) is 0. The van der Waals surface area contributed by atoms with Crippen LogP contribution in [-0.4, -0.2) is 11.3 Å². The van der Waals surface area contributed by atoms with Gasteiger partial charge in [-0.3, -0.25) is 0 Å². The molecular formula is C44H31BN2S. The number of hydrogen-bond donors (Lipinski definition) is 0. The van der Waals surface area contributed by atoms with Crippen molar-refractivity contribution in [2.75, 3.05) is 4.90 Å². The van der Waals surface area contributed by atoms with Gasteiger partial charge in [0, 0.05) is 59.7 Å². The molecule has 0 saturated carbocycles. The van der Waals surface area contributed by atoms with Gasteiger partial charge in [0.2, 0.25) is 0 Å². The molecule has 3 aliphatic heterocycles. The monoisotopic (exact) mass is 630 g/mol. The van der Waals surface area contributed by atoms with Gasteiger partial charge in [-0.25, -0.2) is 0 Å². The van der Waals surface area contributed by atoms with E-state index in [1.54, 1.807) is 0 Å². The van der Waals surface area contributed by atoms with Crippen molar-refractivity contribution in [3.8, 4) is 22.4 Å². The van der Waals surface area contributed by atoms with E-state index in [-0.39, 0.29) is 17.7 Å². The van der Waals surface area contributed by atoms with Crippen LogP contribution in [0.2, 0.25) is 0 Å². The molecule has 4 aliphatic rings. The molecule has 4 heteroatoms. The van der Waals surface area contributed by atoms with Crippen molar-refractivity contribution in [1.82, 2.24) is 4.48 Å².